The summed E-state index contributed by atoms with van der Waals surface area (Å²) in [6.45, 7) is 5.60. The van der Waals surface area contributed by atoms with Crippen molar-refractivity contribution in [2.24, 2.45) is 0 Å². The zero-order valence-electron chi connectivity index (χ0n) is 10.7. The van der Waals surface area contributed by atoms with Crippen LogP contribution in [0.1, 0.15) is 28.1 Å². The molecular weight excluding hydrogens is 228 g/mol. The molecule has 1 aromatic carbocycles. The number of hydrogen-bond donors (Lipinski definition) is 2. The Kier molecular flexibility index (Phi) is 3.19. The quantitative estimate of drug-likeness (QED) is 0.849. The van der Waals surface area contributed by atoms with Gasteiger partial charge in [-0.3, -0.25) is 4.79 Å². The number of nitrogens with zero attached hydrogens (tertiary/aromatic N) is 1. The highest BCUT2D eigenvalue weighted by Gasteiger charge is 2.07. The number of nitrogens with one attached hydrogen (secondary N) is 1. The van der Waals surface area contributed by atoms with Gasteiger partial charge in [0, 0.05) is 6.42 Å². The van der Waals surface area contributed by atoms with Crippen molar-refractivity contribution in [2.75, 3.05) is 0 Å². The van der Waals surface area contributed by atoms with E-state index in [2.05, 4.69) is 16.0 Å². The Balaban J connectivity index is 2.37. The number of benzene rings is 1. The molecule has 2 N–H and O–H groups in total. The lowest BCUT2D eigenvalue weighted by atomic mass is 10.0. The zero-order chi connectivity index (χ0) is 13.3. The summed E-state index contributed by atoms with van der Waals surface area (Å²) in [4.78, 5) is 18.2. The third-order valence-electron chi connectivity index (χ3n) is 2.83. The van der Waals surface area contributed by atoms with E-state index in [4.69, 9.17) is 0 Å². The molecule has 2 aromatic rings. The van der Waals surface area contributed by atoms with Crippen LogP contribution < -0.4 is 5.56 Å². The molecule has 4 nitrogen and oxygen atoms in total. The average Bonchev–Trinajstić information content (AvgIpc) is 2.24. The van der Waals surface area contributed by atoms with Gasteiger partial charge in [0.15, 0.2) is 0 Å². The molecule has 2 rings (SSSR count). The van der Waals surface area contributed by atoms with Gasteiger partial charge in [0.05, 0.1) is 5.56 Å². The SMILES string of the molecule is Cc1cc(C)cc(Cc2nc(O)c(C)c(=O)[nH]2)c1. The average molecular weight is 244 g/mol. The van der Waals surface area contributed by atoms with Gasteiger partial charge < -0.3 is 10.1 Å². The molecule has 0 saturated carbocycles. The second-order valence-electron chi connectivity index (χ2n) is 4.63. The summed E-state index contributed by atoms with van der Waals surface area (Å²) in [5, 5.41) is 9.54. The number of hydrogen-bond acceptors (Lipinski definition) is 3. The van der Waals surface area contributed by atoms with Crippen molar-refractivity contribution >= 4 is 0 Å². The van der Waals surface area contributed by atoms with Crippen LogP contribution in [0, 0.1) is 20.8 Å². The van der Waals surface area contributed by atoms with Gasteiger partial charge in [-0.25, -0.2) is 0 Å². The minimum Gasteiger partial charge on any atom is -0.493 e. The summed E-state index contributed by atoms with van der Waals surface area (Å²) in [5.74, 6) is 0.284. The molecule has 94 valence electrons. The van der Waals surface area contributed by atoms with Crippen LogP contribution >= 0.6 is 0 Å². The largest absolute Gasteiger partial charge is 0.493 e. The molecule has 4 heteroatoms. The summed E-state index contributed by atoms with van der Waals surface area (Å²) in [5.41, 5.74) is 3.37. The van der Waals surface area contributed by atoms with E-state index in [9.17, 15) is 9.90 Å². The van der Waals surface area contributed by atoms with Gasteiger partial charge in [-0.05, 0) is 26.3 Å². The molecule has 18 heavy (non-hydrogen) atoms. The molecule has 0 radical (unpaired) electrons. The van der Waals surface area contributed by atoms with Crippen LogP contribution in [-0.4, -0.2) is 15.1 Å². The number of aromatic nitrogens is 2. The number of rotatable bonds is 2. The van der Waals surface area contributed by atoms with Gasteiger partial charge >= 0.3 is 0 Å². The summed E-state index contributed by atoms with van der Waals surface area (Å²) >= 11 is 0. The molecule has 0 saturated heterocycles. The first kappa shape index (κ1) is 12.4. The topological polar surface area (TPSA) is 66.0 Å². The molecule has 0 aliphatic rings. The van der Waals surface area contributed by atoms with E-state index in [0.29, 0.717) is 12.2 Å². The van der Waals surface area contributed by atoms with Crippen LogP contribution in [0.4, 0.5) is 0 Å². The Bertz CT molecular complexity index is 624. The van der Waals surface area contributed by atoms with Crippen molar-refractivity contribution in [1.82, 2.24) is 9.97 Å². The maximum absolute atomic E-state index is 11.5. The molecule has 0 spiro atoms. The second-order valence-corrected chi connectivity index (χ2v) is 4.63. The van der Waals surface area contributed by atoms with Crippen molar-refractivity contribution in [3.05, 3.63) is 56.6 Å². The molecule has 0 bridgehead atoms. The molecule has 1 heterocycles. The molecular formula is C14H16N2O2. The lowest BCUT2D eigenvalue weighted by Crippen LogP contribution is -2.14. The third-order valence-corrected chi connectivity index (χ3v) is 2.83. The fraction of sp³-hybridized carbons (Fsp3) is 0.286. The van der Waals surface area contributed by atoms with E-state index in [1.54, 1.807) is 6.92 Å². The van der Waals surface area contributed by atoms with Crippen molar-refractivity contribution < 1.29 is 5.11 Å². The van der Waals surface area contributed by atoms with Crippen LogP contribution in [0.25, 0.3) is 0 Å². The molecule has 0 aliphatic carbocycles. The molecule has 1 aromatic heterocycles. The molecule has 0 fully saturated rings. The Labute approximate surface area is 105 Å². The van der Waals surface area contributed by atoms with Crippen molar-refractivity contribution in [2.45, 2.75) is 27.2 Å². The number of H-pyrrole nitrogens is 1. The first-order chi connectivity index (χ1) is 8.45. The van der Waals surface area contributed by atoms with Gasteiger partial charge in [0.1, 0.15) is 5.82 Å². The zero-order valence-corrected chi connectivity index (χ0v) is 10.7. The van der Waals surface area contributed by atoms with Gasteiger partial charge in [-0.1, -0.05) is 29.3 Å². The predicted molar refractivity (Wildman–Crippen MR) is 70.0 cm³/mol. The highest BCUT2D eigenvalue weighted by Crippen LogP contribution is 2.13. The molecule has 0 unspecified atom stereocenters. The Morgan fingerprint density at radius 3 is 2.33 bits per heavy atom. The van der Waals surface area contributed by atoms with Crippen molar-refractivity contribution in [3.63, 3.8) is 0 Å². The smallest absolute Gasteiger partial charge is 0.257 e. The Morgan fingerprint density at radius 2 is 1.78 bits per heavy atom. The minimum absolute atomic E-state index is 0.196. The first-order valence-corrected chi connectivity index (χ1v) is 5.81. The van der Waals surface area contributed by atoms with Crippen LogP contribution in [0.3, 0.4) is 0 Å². The van der Waals surface area contributed by atoms with E-state index in [1.807, 2.05) is 26.0 Å². The monoisotopic (exact) mass is 244 g/mol. The summed E-state index contributed by atoms with van der Waals surface area (Å²) in [6.07, 6.45) is 0.506. The van der Waals surface area contributed by atoms with Gasteiger partial charge in [0.2, 0.25) is 5.88 Å². The Morgan fingerprint density at radius 1 is 1.17 bits per heavy atom. The van der Waals surface area contributed by atoms with E-state index < -0.39 is 0 Å². The van der Waals surface area contributed by atoms with Crippen LogP contribution in [-0.2, 0) is 6.42 Å². The van der Waals surface area contributed by atoms with Crippen molar-refractivity contribution in [1.29, 1.82) is 0 Å². The van der Waals surface area contributed by atoms with E-state index in [0.717, 1.165) is 5.56 Å². The lowest BCUT2D eigenvalue weighted by molar-refractivity contribution is 0.443. The normalized spacial score (nSPS) is 10.6. The summed E-state index contributed by atoms with van der Waals surface area (Å²) in [7, 11) is 0. The number of aryl methyl sites for hydroxylation is 2. The van der Waals surface area contributed by atoms with Crippen LogP contribution in [0.15, 0.2) is 23.0 Å². The summed E-state index contributed by atoms with van der Waals surface area (Å²) < 4.78 is 0. The van der Waals surface area contributed by atoms with Gasteiger partial charge in [-0.15, -0.1) is 0 Å². The first-order valence-electron chi connectivity index (χ1n) is 5.81. The summed E-state index contributed by atoms with van der Waals surface area (Å²) in [6, 6.07) is 6.18. The van der Waals surface area contributed by atoms with E-state index in [1.165, 1.54) is 11.1 Å². The number of aromatic hydroxyl groups is 1. The second kappa shape index (κ2) is 4.64. The maximum Gasteiger partial charge on any atom is 0.257 e. The third kappa shape index (κ3) is 2.59. The molecule has 0 aliphatic heterocycles. The molecule has 0 amide bonds. The van der Waals surface area contributed by atoms with E-state index in [-0.39, 0.29) is 17.0 Å². The maximum atomic E-state index is 11.5. The fourth-order valence-corrected chi connectivity index (χ4v) is 2.01. The fourth-order valence-electron chi connectivity index (χ4n) is 2.01. The number of aromatic amines is 1. The Hall–Kier alpha value is -2.10. The van der Waals surface area contributed by atoms with E-state index >= 15 is 0 Å². The standard InChI is InChI=1S/C14H16N2O2/c1-8-4-9(2)6-11(5-8)7-12-15-13(17)10(3)14(18)16-12/h4-6H,7H2,1-3H3,(H2,15,16,17,18). The van der Waals surface area contributed by atoms with Gasteiger partial charge in [0.25, 0.3) is 5.56 Å². The van der Waals surface area contributed by atoms with Crippen LogP contribution in [0.2, 0.25) is 0 Å². The highest BCUT2D eigenvalue weighted by atomic mass is 16.3. The lowest BCUT2D eigenvalue weighted by Gasteiger charge is -2.06. The highest BCUT2D eigenvalue weighted by molar-refractivity contribution is 5.31. The molecule has 0 atom stereocenters. The minimum atomic E-state index is -0.290. The van der Waals surface area contributed by atoms with Crippen molar-refractivity contribution in [3.8, 4) is 5.88 Å². The van der Waals surface area contributed by atoms with Crippen LogP contribution in [0.5, 0.6) is 5.88 Å². The van der Waals surface area contributed by atoms with Gasteiger partial charge in [-0.2, -0.15) is 4.98 Å². The predicted octanol–water partition coefficient (Wildman–Crippen LogP) is 1.99.